The Balaban J connectivity index is 1.80. The van der Waals surface area contributed by atoms with Crippen molar-refractivity contribution in [3.63, 3.8) is 0 Å². The summed E-state index contributed by atoms with van der Waals surface area (Å²) in [4.78, 5) is 17.9. The van der Waals surface area contributed by atoms with E-state index >= 15 is 0 Å². The van der Waals surface area contributed by atoms with Gasteiger partial charge >= 0.3 is 5.97 Å². The van der Waals surface area contributed by atoms with Gasteiger partial charge in [0.15, 0.2) is 0 Å². The lowest BCUT2D eigenvalue weighted by Crippen LogP contribution is -2.33. The number of carboxylic acids is 1. The lowest BCUT2D eigenvalue weighted by Gasteiger charge is -2.31. The van der Waals surface area contributed by atoms with Gasteiger partial charge in [-0.1, -0.05) is 31.2 Å². The van der Waals surface area contributed by atoms with E-state index in [0.29, 0.717) is 5.69 Å². The molecule has 0 aliphatic carbocycles. The predicted molar refractivity (Wildman–Crippen MR) is 92.6 cm³/mol. The van der Waals surface area contributed by atoms with Crippen molar-refractivity contribution in [2.75, 3.05) is 13.1 Å². The predicted octanol–water partition coefficient (Wildman–Crippen LogP) is 3.67. The van der Waals surface area contributed by atoms with Crippen LogP contribution in [0.3, 0.4) is 0 Å². The zero-order valence-electron chi connectivity index (χ0n) is 13.4. The second-order valence-corrected chi connectivity index (χ2v) is 7.21. The van der Waals surface area contributed by atoms with E-state index in [4.69, 9.17) is 5.11 Å². The van der Waals surface area contributed by atoms with E-state index in [0.717, 1.165) is 36.1 Å². The SMILES string of the molecule is CC1CCCN(Cc2ccccc2-c2nc(CC(=O)O)cs2)C1. The summed E-state index contributed by atoms with van der Waals surface area (Å²) in [6.07, 6.45) is 2.58. The second kappa shape index (κ2) is 7.23. The third-order valence-electron chi connectivity index (χ3n) is 4.27. The summed E-state index contributed by atoms with van der Waals surface area (Å²) in [5, 5.41) is 11.7. The number of aliphatic carboxylic acids is 1. The monoisotopic (exact) mass is 330 g/mol. The van der Waals surface area contributed by atoms with Gasteiger partial charge < -0.3 is 5.11 Å². The van der Waals surface area contributed by atoms with Crippen LogP contribution >= 0.6 is 11.3 Å². The van der Waals surface area contributed by atoms with Crippen molar-refractivity contribution >= 4 is 17.3 Å². The van der Waals surface area contributed by atoms with Crippen LogP contribution in [-0.2, 0) is 17.8 Å². The van der Waals surface area contributed by atoms with Crippen LogP contribution in [0.2, 0.25) is 0 Å². The van der Waals surface area contributed by atoms with Gasteiger partial charge in [0.1, 0.15) is 5.01 Å². The number of carboxylic acid groups (broad SMARTS) is 1. The van der Waals surface area contributed by atoms with E-state index in [9.17, 15) is 4.79 Å². The first-order valence-electron chi connectivity index (χ1n) is 8.08. The van der Waals surface area contributed by atoms with Crippen molar-refractivity contribution in [3.8, 4) is 10.6 Å². The van der Waals surface area contributed by atoms with Crippen molar-refractivity contribution in [2.45, 2.75) is 32.7 Å². The van der Waals surface area contributed by atoms with E-state index in [2.05, 4.69) is 35.0 Å². The second-order valence-electron chi connectivity index (χ2n) is 6.35. The van der Waals surface area contributed by atoms with Crippen LogP contribution < -0.4 is 0 Å². The number of rotatable bonds is 5. The van der Waals surface area contributed by atoms with Crippen LogP contribution in [0.15, 0.2) is 29.6 Å². The number of nitrogens with zero attached hydrogens (tertiary/aromatic N) is 2. The van der Waals surface area contributed by atoms with Crippen LogP contribution in [0, 0.1) is 5.92 Å². The fourth-order valence-corrected chi connectivity index (χ4v) is 4.08. The Morgan fingerprint density at radius 1 is 1.43 bits per heavy atom. The molecule has 3 rings (SSSR count). The minimum Gasteiger partial charge on any atom is -0.481 e. The molecule has 1 N–H and O–H groups in total. The van der Waals surface area contributed by atoms with Gasteiger partial charge in [0.05, 0.1) is 12.1 Å². The maximum atomic E-state index is 10.8. The molecule has 5 heteroatoms. The molecule has 1 atom stereocenters. The lowest BCUT2D eigenvalue weighted by atomic mass is 9.99. The minimum atomic E-state index is -0.836. The molecule has 1 aliphatic heterocycles. The first-order valence-corrected chi connectivity index (χ1v) is 8.96. The van der Waals surface area contributed by atoms with Crippen LogP contribution in [0.1, 0.15) is 31.0 Å². The summed E-state index contributed by atoms with van der Waals surface area (Å²) in [5.74, 6) is -0.0737. The Morgan fingerprint density at radius 2 is 2.26 bits per heavy atom. The highest BCUT2D eigenvalue weighted by atomic mass is 32.1. The van der Waals surface area contributed by atoms with Crippen molar-refractivity contribution < 1.29 is 9.90 Å². The molecule has 1 aliphatic rings. The molecular weight excluding hydrogens is 308 g/mol. The van der Waals surface area contributed by atoms with E-state index in [1.807, 2.05) is 11.4 Å². The Hall–Kier alpha value is -1.72. The lowest BCUT2D eigenvalue weighted by molar-refractivity contribution is -0.136. The maximum absolute atomic E-state index is 10.8. The fraction of sp³-hybridized carbons (Fsp3) is 0.444. The van der Waals surface area contributed by atoms with Crippen molar-refractivity contribution in [1.29, 1.82) is 0 Å². The minimum absolute atomic E-state index is 0.0116. The summed E-state index contributed by atoms with van der Waals surface area (Å²) in [6, 6.07) is 8.34. The first kappa shape index (κ1) is 16.1. The summed E-state index contributed by atoms with van der Waals surface area (Å²) in [7, 11) is 0. The van der Waals surface area contributed by atoms with Gasteiger partial charge in [-0.3, -0.25) is 9.69 Å². The van der Waals surface area contributed by atoms with E-state index in [1.54, 1.807) is 0 Å². The summed E-state index contributed by atoms with van der Waals surface area (Å²) >= 11 is 1.53. The molecule has 2 aromatic rings. The summed E-state index contributed by atoms with van der Waals surface area (Å²) in [6.45, 7) is 5.56. The van der Waals surface area contributed by atoms with Crippen LogP contribution in [0.25, 0.3) is 10.6 Å². The highest BCUT2D eigenvalue weighted by molar-refractivity contribution is 7.13. The third-order valence-corrected chi connectivity index (χ3v) is 5.19. The molecule has 0 saturated carbocycles. The molecule has 0 radical (unpaired) electrons. The molecule has 1 aromatic carbocycles. The van der Waals surface area contributed by atoms with Gasteiger partial charge in [-0.05, 0) is 30.9 Å². The van der Waals surface area contributed by atoms with Gasteiger partial charge in [-0.15, -0.1) is 11.3 Å². The number of thiazole rings is 1. The number of carbonyl (C=O) groups is 1. The fourth-order valence-electron chi connectivity index (χ4n) is 3.20. The molecule has 1 fully saturated rings. The van der Waals surface area contributed by atoms with Crippen LogP contribution in [0.4, 0.5) is 0 Å². The Labute approximate surface area is 140 Å². The normalized spacial score (nSPS) is 18.9. The molecule has 0 bridgehead atoms. The maximum Gasteiger partial charge on any atom is 0.309 e. The van der Waals surface area contributed by atoms with E-state index < -0.39 is 5.97 Å². The molecule has 4 nitrogen and oxygen atoms in total. The number of aromatic nitrogens is 1. The number of hydrogen-bond acceptors (Lipinski definition) is 4. The average molecular weight is 330 g/mol. The molecule has 1 aromatic heterocycles. The highest BCUT2D eigenvalue weighted by Gasteiger charge is 2.18. The molecule has 0 spiro atoms. The Morgan fingerprint density at radius 3 is 3.04 bits per heavy atom. The number of hydrogen-bond donors (Lipinski definition) is 1. The van der Waals surface area contributed by atoms with Gasteiger partial charge in [0.25, 0.3) is 0 Å². The smallest absolute Gasteiger partial charge is 0.309 e. The van der Waals surface area contributed by atoms with Crippen molar-refractivity contribution in [1.82, 2.24) is 9.88 Å². The summed E-state index contributed by atoms with van der Waals surface area (Å²) in [5.41, 5.74) is 3.05. The Bertz CT molecular complexity index is 683. The van der Waals surface area contributed by atoms with E-state index in [1.165, 1.54) is 29.7 Å². The first-order chi connectivity index (χ1) is 11.1. The van der Waals surface area contributed by atoms with Crippen molar-refractivity contribution in [3.05, 3.63) is 40.9 Å². The van der Waals surface area contributed by atoms with Gasteiger partial charge in [0, 0.05) is 24.0 Å². The molecule has 0 amide bonds. The molecule has 2 heterocycles. The zero-order valence-corrected chi connectivity index (χ0v) is 14.2. The largest absolute Gasteiger partial charge is 0.481 e. The van der Waals surface area contributed by atoms with Gasteiger partial charge in [-0.25, -0.2) is 4.98 Å². The topological polar surface area (TPSA) is 53.4 Å². The van der Waals surface area contributed by atoms with E-state index in [-0.39, 0.29) is 6.42 Å². The van der Waals surface area contributed by atoms with Gasteiger partial charge in [0.2, 0.25) is 0 Å². The van der Waals surface area contributed by atoms with Gasteiger partial charge in [-0.2, -0.15) is 0 Å². The summed E-state index contributed by atoms with van der Waals surface area (Å²) < 4.78 is 0. The van der Waals surface area contributed by atoms with Crippen molar-refractivity contribution in [2.24, 2.45) is 5.92 Å². The number of piperidine rings is 1. The molecule has 1 saturated heterocycles. The number of benzene rings is 1. The zero-order chi connectivity index (χ0) is 16.2. The molecular formula is C18H22N2O2S. The molecule has 1 unspecified atom stereocenters. The Kier molecular flexibility index (Phi) is 5.08. The molecule has 122 valence electrons. The third kappa shape index (κ3) is 4.18. The van der Waals surface area contributed by atoms with Crippen LogP contribution in [-0.4, -0.2) is 34.0 Å². The van der Waals surface area contributed by atoms with Crippen LogP contribution in [0.5, 0.6) is 0 Å². The quantitative estimate of drug-likeness (QED) is 0.909. The average Bonchev–Trinajstić information content (AvgIpc) is 2.95. The standard InChI is InChI=1S/C18H22N2O2S/c1-13-5-4-8-20(10-13)11-14-6-2-3-7-16(14)18-19-15(12-23-18)9-17(21)22/h2-3,6-7,12-13H,4-5,8-11H2,1H3,(H,21,22). The molecule has 23 heavy (non-hydrogen) atoms. The highest BCUT2D eigenvalue weighted by Crippen LogP contribution is 2.29. The number of likely N-dealkylation sites (tertiary alicyclic amines) is 1.